The predicted molar refractivity (Wildman–Crippen MR) is 84.6 cm³/mol. The van der Waals surface area contributed by atoms with Gasteiger partial charge in [0.15, 0.2) is 0 Å². The fourth-order valence-electron chi connectivity index (χ4n) is 2.95. The molecule has 1 N–H and O–H groups in total. The average molecular weight is 303 g/mol. The van der Waals surface area contributed by atoms with Gasteiger partial charge < -0.3 is 0 Å². The van der Waals surface area contributed by atoms with Crippen molar-refractivity contribution in [2.45, 2.75) is 45.4 Å². The molecule has 1 aromatic rings. The predicted octanol–water partition coefficient (Wildman–Crippen LogP) is 3.41. The van der Waals surface area contributed by atoms with Crippen molar-refractivity contribution in [3.8, 4) is 0 Å². The Kier molecular flexibility index (Phi) is 5.25. The lowest BCUT2D eigenvalue weighted by Gasteiger charge is -2.32. The lowest BCUT2D eigenvalue weighted by Crippen LogP contribution is -2.29. The number of nitro groups is 1. The zero-order valence-corrected chi connectivity index (χ0v) is 12.7. The summed E-state index contributed by atoms with van der Waals surface area (Å²) in [5.41, 5.74) is 2.87. The first-order valence-electron chi connectivity index (χ1n) is 7.55. The van der Waals surface area contributed by atoms with E-state index in [4.69, 9.17) is 0 Å². The van der Waals surface area contributed by atoms with Crippen LogP contribution in [-0.2, 0) is 4.79 Å². The summed E-state index contributed by atoms with van der Waals surface area (Å²) in [6, 6.07) is 6.29. The Morgan fingerprint density at radius 2 is 2.05 bits per heavy atom. The number of hydrogen-bond donors (Lipinski definition) is 1. The van der Waals surface area contributed by atoms with E-state index in [1.807, 2.05) is 0 Å². The lowest BCUT2D eigenvalue weighted by atomic mass is 9.73. The van der Waals surface area contributed by atoms with E-state index in [2.05, 4.69) is 17.5 Å². The molecule has 0 saturated heterocycles. The number of nitrogens with one attached hydrogen (secondary N) is 1. The molecule has 1 saturated carbocycles. The quantitative estimate of drug-likeness (QED) is 0.514. The van der Waals surface area contributed by atoms with Gasteiger partial charge in [0.1, 0.15) is 0 Å². The van der Waals surface area contributed by atoms with Crippen LogP contribution in [0.3, 0.4) is 0 Å². The fraction of sp³-hybridized carbons (Fsp3) is 0.500. The van der Waals surface area contributed by atoms with Crippen molar-refractivity contribution in [3.05, 3.63) is 39.9 Å². The van der Waals surface area contributed by atoms with Gasteiger partial charge in [0, 0.05) is 12.5 Å². The Hall–Kier alpha value is -2.24. The van der Waals surface area contributed by atoms with Gasteiger partial charge in [-0.25, -0.2) is 5.43 Å². The van der Waals surface area contributed by atoms with Gasteiger partial charge in [-0.1, -0.05) is 38.3 Å². The first-order valence-corrected chi connectivity index (χ1v) is 7.55. The van der Waals surface area contributed by atoms with Gasteiger partial charge >= 0.3 is 0 Å². The summed E-state index contributed by atoms with van der Waals surface area (Å²) in [7, 11) is 0. The van der Waals surface area contributed by atoms with E-state index in [9.17, 15) is 14.9 Å². The monoisotopic (exact) mass is 303 g/mol. The van der Waals surface area contributed by atoms with Gasteiger partial charge in [-0.2, -0.15) is 5.10 Å². The molecule has 1 fully saturated rings. The van der Waals surface area contributed by atoms with Crippen LogP contribution in [0.1, 0.15) is 51.0 Å². The van der Waals surface area contributed by atoms with Gasteiger partial charge in [0.25, 0.3) is 5.69 Å². The second-order valence-electron chi connectivity index (χ2n) is 6.16. The van der Waals surface area contributed by atoms with Gasteiger partial charge in [-0.3, -0.25) is 14.9 Å². The molecule has 2 rings (SSSR count). The normalized spacial score (nSPS) is 17.3. The maximum absolute atomic E-state index is 12.0. The van der Waals surface area contributed by atoms with Crippen molar-refractivity contribution in [1.82, 2.24) is 5.43 Å². The number of para-hydroxylation sites is 1. The van der Waals surface area contributed by atoms with Crippen molar-refractivity contribution in [3.63, 3.8) is 0 Å². The lowest BCUT2D eigenvalue weighted by molar-refractivity contribution is -0.385. The second kappa shape index (κ2) is 7.15. The van der Waals surface area contributed by atoms with E-state index in [0.29, 0.717) is 12.0 Å². The first kappa shape index (κ1) is 16.1. The SMILES string of the molecule is CC1(CC(=O)N/N=C/c2ccccc2[N+](=O)[O-])CCCCC1. The molecule has 0 radical (unpaired) electrons. The topological polar surface area (TPSA) is 84.6 Å². The van der Waals surface area contributed by atoms with Crippen molar-refractivity contribution in [2.24, 2.45) is 10.5 Å². The van der Waals surface area contributed by atoms with Crippen LogP contribution in [-0.4, -0.2) is 17.0 Å². The number of carbonyl (C=O) groups excluding carboxylic acids is 1. The number of carbonyl (C=O) groups is 1. The van der Waals surface area contributed by atoms with Gasteiger partial charge in [-0.15, -0.1) is 0 Å². The summed E-state index contributed by atoms with van der Waals surface area (Å²) in [5.74, 6) is -0.140. The minimum atomic E-state index is -0.466. The highest BCUT2D eigenvalue weighted by Gasteiger charge is 2.29. The van der Waals surface area contributed by atoms with Crippen LogP contribution in [0.15, 0.2) is 29.4 Å². The molecule has 6 nitrogen and oxygen atoms in total. The van der Waals surface area contributed by atoms with Crippen LogP contribution in [0.25, 0.3) is 0 Å². The van der Waals surface area contributed by atoms with E-state index >= 15 is 0 Å². The molecule has 1 aromatic carbocycles. The van der Waals surface area contributed by atoms with Crippen molar-refractivity contribution >= 4 is 17.8 Å². The number of hydrogen-bond acceptors (Lipinski definition) is 4. The molecule has 118 valence electrons. The van der Waals surface area contributed by atoms with Crippen LogP contribution in [0.5, 0.6) is 0 Å². The highest BCUT2D eigenvalue weighted by atomic mass is 16.6. The molecule has 0 spiro atoms. The Bertz CT molecular complexity index is 578. The zero-order valence-electron chi connectivity index (χ0n) is 12.7. The third-order valence-corrected chi connectivity index (χ3v) is 4.17. The second-order valence-corrected chi connectivity index (χ2v) is 6.16. The van der Waals surface area contributed by atoms with E-state index in [1.54, 1.807) is 18.2 Å². The standard InChI is InChI=1S/C16H21N3O3/c1-16(9-5-2-6-10-16)11-15(20)18-17-12-13-7-3-4-8-14(13)19(21)22/h3-4,7-8,12H,2,5-6,9-11H2,1H3,(H,18,20)/b17-12+. The molecule has 1 aliphatic carbocycles. The molecule has 1 aliphatic rings. The molecule has 0 unspecified atom stereocenters. The van der Waals surface area contributed by atoms with Crippen molar-refractivity contribution in [1.29, 1.82) is 0 Å². The summed E-state index contributed by atoms with van der Waals surface area (Å²) in [6.07, 6.45) is 7.47. The maximum Gasteiger partial charge on any atom is 0.278 e. The first-order chi connectivity index (χ1) is 10.5. The third kappa shape index (κ3) is 4.38. The zero-order chi connectivity index (χ0) is 16.0. The molecule has 1 amide bonds. The maximum atomic E-state index is 12.0. The molecule has 0 atom stereocenters. The Morgan fingerprint density at radius 3 is 2.73 bits per heavy atom. The third-order valence-electron chi connectivity index (χ3n) is 4.17. The number of benzene rings is 1. The van der Waals surface area contributed by atoms with Gasteiger partial charge in [0.05, 0.1) is 16.7 Å². The minimum absolute atomic E-state index is 0.0280. The highest BCUT2D eigenvalue weighted by Crippen LogP contribution is 2.38. The molecular formula is C16H21N3O3. The summed E-state index contributed by atoms with van der Waals surface area (Å²) < 4.78 is 0. The van der Waals surface area contributed by atoms with E-state index < -0.39 is 4.92 Å². The summed E-state index contributed by atoms with van der Waals surface area (Å²) >= 11 is 0. The summed E-state index contributed by atoms with van der Waals surface area (Å²) in [4.78, 5) is 22.4. The Morgan fingerprint density at radius 1 is 1.36 bits per heavy atom. The van der Waals surface area contributed by atoms with Crippen molar-refractivity contribution in [2.75, 3.05) is 0 Å². The Labute approximate surface area is 129 Å². The number of rotatable bonds is 5. The van der Waals surface area contributed by atoms with E-state index in [0.717, 1.165) is 12.8 Å². The van der Waals surface area contributed by atoms with Crippen LogP contribution in [0.4, 0.5) is 5.69 Å². The van der Waals surface area contributed by atoms with Crippen LogP contribution >= 0.6 is 0 Å². The molecule has 22 heavy (non-hydrogen) atoms. The molecule has 0 heterocycles. The summed E-state index contributed by atoms with van der Waals surface area (Å²) in [5, 5.41) is 14.7. The molecule has 6 heteroatoms. The molecule has 0 aliphatic heterocycles. The summed E-state index contributed by atoms with van der Waals surface area (Å²) in [6.45, 7) is 2.14. The van der Waals surface area contributed by atoms with Gasteiger partial charge in [0.2, 0.25) is 5.91 Å². The van der Waals surface area contributed by atoms with E-state index in [1.165, 1.54) is 31.5 Å². The Balaban J connectivity index is 1.92. The average Bonchev–Trinajstić information content (AvgIpc) is 2.47. The molecule has 0 aromatic heterocycles. The smallest absolute Gasteiger partial charge is 0.273 e. The molecular weight excluding hydrogens is 282 g/mol. The van der Waals surface area contributed by atoms with Gasteiger partial charge in [-0.05, 0) is 24.3 Å². The van der Waals surface area contributed by atoms with Crippen LogP contribution in [0.2, 0.25) is 0 Å². The van der Waals surface area contributed by atoms with Crippen molar-refractivity contribution < 1.29 is 9.72 Å². The number of nitrogens with zero attached hydrogens (tertiary/aromatic N) is 2. The fourth-order valence-corrected chi connectivity index (χ4v) is 2.95. The number of amides is 1. The largest absolute Gasteiger partial charge is 0.278 e. The van der Waals surface area contributed by atoms with Crippen LogP contribution < -0.4 is 5.43 Å². The molecule has 0 bridgehead atoms. The minimum Gasteiger partial charge on any atom is -0.273 e. The highest BCUT2D eigenvalue weighted by molar-refractivity contribution is 5.86. The van der Waals surface area contributed by atoms with Crippen LogP contribution in [0, 0.1) is 15.5 Å². The number of hydrazone groups is 1. The number of nitro benzene ring substituents is 1. The van der Waals surface area contributed by atoms with E-state index in [-0.39, 0.29) is 17.0 Å².